The number of nitrogens with two attached hydrogens (primary N) is 1. The molecule has 0 radical (unpaired) electrons. The maximum Gasteiger partial charge on any atom is 0.410 e. The van der Waals surface area contributed by atoms with Crippen LogP contribution in [0.1, 0.15) is 52.9 Å². The minimum absolute atomic E-state index is 0.141. The topological polar surface area (TPSA) is 64.8 Å². The largest absolute Gasteiger partial charge is 0.444 e. The molecule has 0 saturated carbocycles. The second kappa shape index (κ2) is 5.90. The number of piperidine rings is 1. The fraction of sp³-hybridized carbons (Fsp3) is 0.933. The van der Waals surface area contributed by atoms with Gasteiger partial charge in [-0.15, -0.1) is 0 Å². The summed E-state index contributed by atoms with van der Waals surface area (Å²) in [4.78, 5) is 14.0. The van der Waals surface area contributed by atoms with Gasteiger partial charge in [0, 0.05) is 13.1 Å². The third kappa shape index (κ3) is 3.85. The first-order chi connectivity index (χ1) is 9.34. The van der Waals surface area contributed by atoms with Gasteiger partial charge in [-0.2, -0.15) is 0 Å². The predicted octanol–water partition coefficient (Wildman–Crippen LogP) is 2.28. The zero-order valence-corrected chi connectivity index (χ0v) is 13.0. The van der Waals surface area contributed by atoms with Gasteiger partial charge in [-0.05, 0) is 52.9 Å². The van der Waals surface area contributed by atoms with Crippen LogP contribution in [0.25, 0.3) is 0 Å². The van der Waals surface area contributed by atoms with E-state index in [1.807, 2.05) is 20.8 Å². The summed E-state index contributed by atoms with van der Waals surface area (Å²) in [7, 11) is 0. The number of amides is 1. The fourth-order valence-electron chi connectivity index (χ4n) is 3.17. The lowest BCUT2D eigenvalue weighted by atomic mass is 9.84. The van der Waals surface area contributed by atoms with Crippen molar-refractivity contribution in [1.29, 1.82) is 0 Å². The van der Waals surface area contributed by atoms with Crippen molar-refractivity contribution in [2.75, 3.05) is 19.6 Å². The van der Waals surface area contributed by atoms with E-state index >= 15 is 0 Å². The van der Waals surface area contributed by atoms with Crippen LogP contribution >= 0.6 is 0 Å². The molecule has 0 bridgehead atoms. The molecule has 0 aliphatic carbocycles. The lowest BCUT2D eigenvalue weighted by Gasteiger charge is -2.47. The van der Waals surface area contributed by atoms with E-state index in [9.17, 15) is 4.79 Å². The third-order valence-electron chi connectivity index (χ3n) is 4.03. The van der Waals surface area contributed by atoms with E-state index in [-0.39, 0.29) is 17.8 Å². The lowest BCUT2D eigenvalue weighted by Crippen LogP contribution is -2.56. The Bertz CT molecular complexity index is 350. The normalized spacial score (nSPS) is 31.4. The van der Waals surface area contributed by atoms with Crippen LogP contribution < -0.4 is 5.73 Å². The highest BCUT2D eigenvalue weighted by atomic mass is 16.6. The van der Waals surface area contributed by atoms with Gasteiger partial charge < -0.3 is 20.1 Å². The van der Waals surface area contributed by atoms with Gasteiger partial charge in [-0.1, -0.05) is 0 Å². The van der Waals surface area contributed by atoms with E-state index in [2.05, 4.69) is 0 Å². The van der Waals surface area contributed by atoms with Gasteiger partial charge in [-0.3, -0.25) is 0 Å². The van der Waals surface area contributed by atoms with E-state index in [1.54, 1.807) is 4.90 Å². The van der Waals surface area contributed by atoms with Crippen LogP contribution in [0, 0.1) is 0 Å². The van der Waals surface area contributed by atoms with E-state index in [0.29, 0.717) is 13.1 Å². The molecule has 0 aromatic heterocycles. The summed E-state index contributed by atoms with van der Waals surface area (Å²) in [5, 5.41) is 0. The quantitative estimate of drug-likeness (QED) is 0.802. The van der Waals surface area contributed by atoms with Gasteiger partial charge in [0.2, 0.25) is 0 Å². The zero-order valence-electron chi connectivity index (χ0n) is 13.0. The van der Waals surface area contributed by atoms with Crippen LogP contribution in [0.3, 0.4) is 0 Å². The molecule has 2 aliphatic heterocycles. The van der Waals surface area contributed by atoms with Crippen LogP contribution in [0.2, 0.25) is 0 Å². The first kappa shape index (κ1) is 15.6. The number of hydrogen-bond donors (Lipinski definition) is 1. The van der Waals surface area contributed by atoms with Crippen molar-refractivity contribution in [3.05, 3.63) is 0 Å². The van der Waals surface area contributed by atoms with Gasteiger partial charge in [0.1, 0.15) is 5.60 Å². The summed E-state index contributed by atoms with van der Waals surface area (Å²) in [5.41, 5.74) is 5.09. The van der Waals surface area contributed by atoms with Crippen molar-refractivity contribution in [3.8, 4) is 0 Å². The van der Waals surface area contributed by atoms with E-state index in [1.165, 1.54) is 0 Å². The van der Waals surface area contributed by atoms with Crippen LogP contribution in [0.15, 0.2) is 0 Å². The number of likely N-dealkylation sites (tertiary alicyclic amines) is 1. The number of hydrogen-bond acceptors (Lipinski definition) is 4. The molecule has 2 N–H and O–H groups in total. The molecule has 2 unspecified atom stereocenters. The van der Waals surface area contributed by atoms with Crippen molar-refractivity contribution < 1.29 is 14.3 Å². The molecular weight excluding hydrogens is 256 g/mol. The molecule has 2 atom stereocenters. The molecule has 1 amide bonds. The number of rotatable bonds is 1. The molecule has 5 nitrogen and oxygen atoms in total. The number of carbonyl (C=O) groups excluding carboxylic acids is 1. The van der Waals surface area contributed by atoms with Crippen LogP contribution in [-0.4, -0.2) is 47.9 Å². The molecule has 20 heavy (non-hydrogen) atoms. The summed E-state index contributed by atoms with van der Waals surface area (Å²) >= 11 is 0. The van der Waals surface area contributed by atoms with E-state index < -0.39 is 5.60 Å². The smallest absolute Gasteiger partial charge is 0.410 e. The Morgan fingerprint density at radius 3 is 2.75 bits per heavy atom. The van der Waals surface area contributed by atoms with Gasteiger partial charge in [0.15, 0.2) is 0 Å². The van der Waals surface area contributed by atoms with Gasteiger partial charge in [0.25, 0.3) is 0 Å². The molecule has 2 aliphatic rings. The molecule has 2 rings (SSSR count). The Kier molecular flexibility index (Phi) is 4.59. The number of ether oxygens (including phenoxy) is 2. The van der Waals surface area contributed by atoms with Crippen LogP contribution in [-0.2, 0) is 9.47 Å². The summed E-state index contributed by atoms with van der Waals surface area (Å²) in [6.45, 7) is 7.64. The molecular formula is C15H28N2O3. The van der Waals surface area contributed by atoms with Crippen LogP contribution in [0.4, 0.5) is 4.79 Å². The molecule has 0 aromatic rings. The molecule has 116 valence electrons. The third-order valence-corrected chi connectivity index (χ3v) is 4.03. The number of nitrogens with zero attached hydrogens (tertiary/aromatic N) is 1. The van der Waals surface area contributed by atoms with Gasteiger partial charge in [0.05, 0.1) is 18.2 Å². The SMILES string of the molecule is CC(C)(C)OC(=O)N1CCCC2(CCCC(CN)O2)C1. The highest BCUT2D eigenvalue weighted by Crippen LogP contribution is 2.36. The lowest BCUT2D eigenvalue weighted by molar-refractivity contribution is -0.151. The predicted molar refractivity (Wildman–Crippen MR) is 77.6 cm³/mol. The van der Waals surface area contributed by atoms with Crippen molar-refractivity contribution >= 4 is 6.09 Å². The van der Waals surface area contributed by atoms with Gasteiger partial charge >= 0.3 is 6.09 Å². The average Bonchev–Trinajstić information content (AvgIpc) is 2.37. The first-order valence-electron chi connectivity index (χ1n) is 7.69. The molecule has 1 spiro atoms. The molecule has 0 aromatic carbocycles. The standard InChI is InChI=1S/C15H28N2O3/c1-14(2,3)20-13(18)17-9-5-8-15(11-17)7-4-6-12(10-16)19-15/h12H,4-11,16H2,1-3H3. The fourth-order valence-corrected chi connectivity index (χ4v) is 3.17. The van der Waals surface area contributed by atoms with Crippen molar-refractivity contribution in [2.45, 2.75) is 70.2 Å². The minimum atomic E-state index is -0.449. The average molecular weight is 284 g/mol. The van der Waals surface area contributed by atoms with Crippen molar-refractivity contribution in [3.63, 3.8) is 0 Å². The molecule has 2 heterocycles. The highest BCUT2D eigenvalue weighted by molar-refractivity contribution is 5.68. The Balaban J connectivity index is 1.99. The zero-order chi connectivity index (χ0) is 14.8. The Morgan fingerprint density at radius 2 is 2.10 bits per heavy atom. The second-order valence-corrected chi connectivity index (χ2v) is 7.06. The van der Waals surface area contributed by atoms with Crippen molar-refractivity contribution in [1.82, 2.24) is 4.90 Å². The Hall–Kier alpha value is -0.810. The van der Waals surface area contributed by atoms with Gasteiger partial charge in [-0.25, -0.2) is 4.79 Å². The Morgan fingerprint density at radius 1 is 1.40 bits per heavy atom. The van der Waals surface area contributed by atoms with E-state index in [4.69, 9.17) is 15.2 Å². The molecule has 2 saturated heterocycles. The second-order valence-electron chi connectivity index (χ2n) is 7.06. The maximum atomic E-state index is 12.2. The highest BCUT2D eigenvalue weighted by Gasteiger charge is 2.42. The minimum Gasteiger partial charge on any atom is -0.444 e. The first-order valence-corrected chi connectivity index (χ1v) is 7.69. The summed E-state index contributed by atoms with van der Waals surface area (Å²) in [5.74, 6) is 0. The monoisotopic (exact) mass is 284 g/mol. The number of carbonyl (C=O) groups is 1. The molecule has 5 heteroatoms. The summed E-state index contributed by atoms with van der Waals surface area (Å²) in [6, 6.07) is 0. The van der Waals surface area contributed by atoms with Crippen molar-refractivity contribution in [2.24, 2.45) is 5.73 Å². The van der Waals surface area contributed by atoms with Crippen LogP contribution in [0.5, 0.6) is 0 Å². The summed E-state index contributed by atoms with van der Waals surface area (Å²) in [6.07, 6.45) is 5.08. The van der Waals surface area contributed by atoms with E-state index in [0.717, 1.165) is 38.6 Å². The Labute approximate surface area is 121 Å². The summed E-state index contributed by atoms with van der Waals surface area (Å²) < 4.78 is 11.7. The molecule has 2 fully saturated rings. The maximum absolute atomic E-state index is 12.2.